The number of nitrogens with one attached hydrogen (secondary N) is 1. The lowest BCUT2D eigenvalue weighted by Gasteiger charge is -2.28. The van der Waals surface area contributed by atoms with Crippen molar-refractivity contribution in [1.29, 1.82) is 0 Å². The molecule has 1 aromatic carbocycles. The summed E-state index contributed by atoms with van der Waals surface area (Å²) in [4.78, 5) is 12.1. The Balaban J connectivity index is 1.58. The number of carbonyl (C=O) groups is 1. The van der Waals surface area contributed by atoms with Gasteiger partial charge in [0.05, 0.1) is 18.2 Å². The first kappa shape index (κ1) is 16.5. The van der Waals surface area contributed by atoms with Crippen LogP contribution in [0.15, 0.2) is 41.0 Å². The molecule has 1 aliphatic rings. The van der Waals surface area contributed by atoms with Gasteiger partial charge in [0.15, 0.2) is 0 Å². The standard InChI is InChI=1S/C18H22N2O4/c19-10-15-9-12(11-23-15)18(22)20-13-5-7-14(8-6-13)24-17-4-2-1-3-16(17)21/h5-9,11,16-17,21H,1-4,10,19H2,(H,20,22). The topological polar surface area (TPSA) is 97.7 Å². The van der Waals surface area contributed by atoms with Crippen LogP contribution in [0.2, 0.25) is 0 Å². The second kappa shape index (κ2) is 7.51. The highest BCUT2D eigenvalue weighted by atomic mass is 16.5. The van der Waals surface area contributed by atoms with Crippen molar-refractivity contribution in [3.63, 3.8) is 0 Å². The van der Waals surface area contributed by atoms with Crippen LogP contribution < -0.4 is 15.8 Å². The molecule has 0 radical (unpaired) electrons. The maximum absolute atomic E-state index is 12.1. The van der Waals surface area contributed by atoms with Crippen LogP contribution in [0.5, 0.6) is 5.75 Å². The lowest BCUT2D eigenvalue weighted by Crippen LogP contribution is -2.34. The first-order valence-electron chi connectivity index (χ1n) is 8.19. The SMILES string of the molecule is NCc1cc(C(=O)Nc2ccc(OC3CCCCC3O)cc2)co1. The molecule has 2 atom stereocenters. The zero-order valence-electron chi connectivity index (χ0n) is 13.4. The molecule has 1 fully saturated rings. The van der Waals surface area contributed by atoms with Gasteiger partial charge in [0.2, 0.25) is 0 Å². The van der Waals surface area contributed by atoms with E-state index < -0.39 is 6.10 Å². The van der Waals surface area contributed by atoms with Gasteiger partial charge < -0.3 is 25.3 Å². The lowest BCUT2D eigenvalue weighted by atomic mass is 9.95. The molecule has 0 bridgehead atoms. The summed E-state index contributed by atoms with van der Waals surface area (Å²) in [6, 6.07) is 8.74. The minimum absolute atomic E-state index is 0.153. The number of amides is 1. The molecule has 128 valence electrons. The second-order valence-corrected chi connectivity index (χ2v) is 5.99. The minimum Gasteiger partial charge on any atom is -0.488 e. The fourth-order valence-corrected chi connectivity index (χ4v) is 2.82. The van der Waals surface area contributed by atoms with E-state index in [-0.39, 0.29) is 18.6 Å². The molecule has 1 amide bonds. The van der Waals surface area contributed by atoms with Crippen molar-refractivity contribution in [2.24, 2.45) is 5.73 Å². The van der Waals surface area contributed by atoms with Crippen molar-refractivity contribution in [2.45, 2.75) is 44.4 Å². The minimum atomic E-state index is -0.407. The van der Waals surface area contributed by atoms with Gasteiger partial charge in [0.1, 0.15) is 23.9 Å². The Bertz CT molecular complexity index is 681. The number of furan rings is 1. The smallest absolute Gasteiger partial charge is 0.258 e. The Labute approximate surface area is 140 Å². The maximum Gasteiger partial charge on any atom is 0.258 e. The summed E-state index contributed by atoms with van der Waals surface area (Å²) >= 11 is 0. The second-order valence-electron chi connectivity index (χ2n) is 5.99. The Morgan fingerprint density at radius 3 is 2.71 bits per heavy atom. The Morgan fingerprint density at radius 2 is 2.04 bits per heavy atom. The van der Waals surface area contributed by atoms with E-state index in [4.69, 9.17) is 14.9 Å². The van der Waals surface area contributed by atoms with Crippen LogP contribution in [0.25, 0.3) is 0 Å². The van der Waals surface area contributed by atoms with Crippen LogP contribution in [-0.4, -0.2) is 23.2 Å². The van der Waals surface area contributed by atoms with Crippen LogP contribution >= 0.6 is 0 Å². The molecular weight excluding hydrogens is 308 g/mol. The zero-order chi connectivity index (χ0) is 16.9. The summed E-state index contributed by atoms with van der Waals surface area (Å²) < 4.78 is 11.0. The molecule has 0 saturated heterocycles. The van der Waals surface area contributed by atoms with Gasteiger partial charge in [-0.3, -0.25) is 4.79 Å². The summed E-state index contributed by atoms with van der Waals surface area (Å²) in [5.74, 6) is 0.998. The number of aliphatic hydroxyl groups is 1. The van der Waals surface area contributed by atoms with Gasteiger partial charge in [0.25, 0.3) is 5.91 Å². The molecule has 0 aliphatic heterocycles. The van der Waals surface area contributed by atoms with Crippen LogP contribution in [0.4, 0.5) is 5.69 Å². The zero-order valence-corrected chi connectivity index (χ0v) is 13.4. The van der Waals surface area contributed by atoms with E-state index in [1.54, 1.807) is 30.3 Å². The molecular formula is C18H22N2O4. The number of hydrogen-bond acceptors (Lipinski definition) is 5. The first-order chi connectivity index (χ1) is 11.7. The molecule has 1 heterocycles. The molecule has 24 heavy (non-hydrogen) atoms. The predicted octanol–water partition coefficient (Wildman–Crippen LogP) is 2.67. The van der Waals surface area contributed by atoms with E-state index in [1.807, 2.05) is 0 Å². The van der Waals surface area contributed by atoms with E-state index in [9.17, 15) is 9.90 Å². The predicted molar refractivity (Wildman–Crippen MR) is 89.9 cm³/mol. The third kappa shape index (κ3) is 3.96. The Hall–Kier alpha value is -2.31. The van der Waals surface area contributed by atoms with Crippen molar-refractivity contribution in [3.05, 3.63) is 47.9 Å². The summed E-state index contributed by atoms with van der Waals surface area (Å²) in [5.41, 5.74) is 6.55. The molecule has 6 nitrogen and oxygen atoms in total. The van der Waals surface area contributed by atoms with Gasteiger partial charge in [-0.25, -0.2) is 0 Å². The molecule has 1 saturated carbocycles. The van der Waals surface area contributed by atoms with Gasteiger partial charge in [-0.1, -0.05) is 6.42 Å². The van der Waals surface area contributed by atoms with Gasteiger partial charge in [0, 0.05) is 5.69 Å². The van der Waals surface area contributed by atoms with E-state index in [1.165, 1.54) is 6.26 Å². The van der Waals surface area contributed by atoms with E-state index in [0.29, 0.717) is 22.8 Å². The molecule has 2 unspecified atom stereocenters. The van der Waals surface area contributed by atoms with Crippen molar-refractivity contribution >= 4 is 11.6 Å². The molecule has 4 N–H and O–H groups in total. The number of ether oxygens (including phenoxy) is 1. The maximum atomic E-state index is 12.1. The van der Waals surface area contributed by atoms with Crippen molar-refractivity contribution in [3.8, 4) is 5.75 Å². The molecule has 1 aromatic heterocycles. The Morgan fingerprint density at radius 1 is 1.29 bits per heavy atom. The fourth-order valence-electron chi connectivity index (χ4n) is 2.82. The highest BCUT2D eigenvalue weighted by Gasteiger charge is 2.24. The highest BCUT2D eigenvalue weighted by molar-refractivity contribution is 6.04. The van der Waals surface area contributed by atoms with E-state index in [2.05, 4.69) is 5.32 Å². The van der Waals surface area contributed by atoms with Gasteiger partial charge in [-0.15, -0.1) is 0 Å². The average molecular weight is 330 g/mol. The largest absolute Gasteiger partial charge is 0.488 e. The number of nitrogens with two attached hydrogens (primary N) is 1. The number of aliphatic hydroxyl groups excluding tert-OH is 1. The molecule has 6 heteroatoms. The van der Waals surface area contributed by atoms with Crippen molar-refractivity contribution in [1.82, 2.24) is 0 Å². The van der Waals surface area contributed by atoms with Gasteiger partial charge in [-0.05, 0) is 49.6 Å². The summed E-state index contributed by atoms with van der Waals surface area (Å²) in [6.45, 7) is 0.256. The number of benzene rings is 1. The molecule has 0 spiro atoms. The van der Waals surface area contributed by atoms with E-state index in [0.717, 1.165) is 25.7 Å². The number of hydrogen-bond donors (Lipinski definition) is 3. The van der Waals surface area contributed by atoms with Crippen LogP contribution in [-0.2, 0) is 6.54 Å². The first-order valence-corrected chi connectivity index (χ1v) is 8.19. The Kier molecular flexibility index (Phi) is 5.17. The van der Waals surface area contributed by atoms with Crippen LogP contribution in [0, 0.1) is 0 Å². The third-order valence-corrected chi connectivity index (χ3v) is 4.18. The van der Waals surface area contributed by atoms with Crippen LogP contribution in [0.3, 0.4) is 0 Å². The number of rotatable bonds is 5. The lowest BCUT2D eigenvalue weighted by molar-refractivity contribution is 0.00688. The quantitative estimate of drug-likeness (QED) is 0.783. The monoisotopic (exact) mass is 330 g/mol. The number of carbonyl (C=O) groups excluding carboxylic acids is 1. The van der Waals surface area contributed by atoms with Crippen molar-refractivity contribution < 1.29 is 19.1 Å². The molecule has 1 aliphatic carbocycles. The summed E-state index contributed by atoms with van der Waals surface area (Å²) in [7, 11) is 0. The average Bonchev–Trinajstić information content (AvgIpc) is 3.08. The van der Waals surface area contributed by atoms with E-state index >= 15 is 0 Å². The third-order valence-electron chi connectivity index (χ3n) is 4.18. The van der Waals surface area contributed by atoms with Gasteiger partial charge in [-0.2, -0.15) is 0 Å². The number of anilines is 1. The highest BCUT2D eigenvalue weighted by Crippen LogP contribution is 2.25. The normalized spacial score (nSPS) is 20.6. The van der Waals surface area contributed by atoms with Crippen molar-refractivity contribution in [2.75, 3.05) is 5.32 Å². The summed E-state index contributed by atoms with van der Waals surface area (Å²) in [6.07, 6.45) is 4.60. The van der Waals surface area contributed by atoms with Crippen LogP contribution in [0.1, 0.15) is 41.8 Å². The molecule has 3 rings (SSSR count). The van der Waals surface area contributed by atoms with Gasteiger partial charge >= 0.3 is 0 Å². The molecule has 2 aromatic rings. The fraction of sp³-hybridized carbons (Fsp3) is 0.389. The summed E-state index contributed by atoms with van der Waals surface area (Å²) in [5, 5.41) is 12.7.